The van der Waals surface area contributed by atoms with Gasteiger partial charge in [-0.2, -0.15) is 0 Å². The van der Waals surface area contributed by atoms with Crippen molar-refractivity contribution in [1.29, 1.82) is 0 Å². The fourth-order valence-corrected chi connectivity index (χ4v) is 18.4. The van der Waals surface area contributed by atoms with Crippen LogP contribution in [0.3, 0.4) is 0 Å². The molecule has 0 aliphatic heterocycles. The van der Waals surface area contributed by atoms with E-state index in [0.29, 0.717) is 0 Å². The normalized spacial score (nSPS) is 11.5. The highest BCUT2D eigenvalue weighted by atomic mass is 32.1. The van der Waals surface area contributed by atoms with Crippen LogP contribution in [0.5, 0.6) is 0 Å². The van der Waals surface area contributed by atoms with Crippen molar-refractivity contribution in [3.63, 3.8) is 0 Å². The number of thiophene rings is 1. The van der Waals surface area contributed by atoms with Crippen LogP contribution in [-0.2, 0) is 24.7 Å². The van der Waals surface area contributed by atoms with Crippen molar-refractivity contribution in [2.45, 2.75) is 24.7 Å². The number of hydrogen-bond acceptors (Lipinski definition) is 6. The van der Waals surface area contributed by atoms with E-state index < -0.39 is 0 Å². The molecule has 6 heteroatoms. The lowest BCUT2D eigenvalue weighted by Gasteiger charge is -2.34. The molecule has 0 amide bonds. The molecule has 3 aromatic heterocycles. The summed E-state index contributed by atoms with van der Waals surface area (Å²) in [6.07, 6.45) is 6.44. The SMILES string of the molecule is c1ccc(-c2ccc(Cc3ccc4c(c3)C(c3ccccc3)(c3ccccc3)c3ccccc3-4)cc2)cc1.c1ccc(-c2ccc(Cc3ccc4c(c3)oc3ccccc34)cc2)cc1.c1ccc(-c2ncc(Nc3cccc4ccccc34)cn2)cc1.c1ccc(Cc2ccc3c(c2)sc2ccccc23)cc1.c1ccc(Nc2cccc3ccccc23)cc1. The molecular formula is C118H88N4OS. The molecule has 2 N–H and O–H groups in total. The Labute approximate surface area is 728 Å². The lowest BCUT2D eigenvalue weighted by atomic mass is 9.67. The Hall–Kier alpha value is -15.6. The number of anilines is 4. The maximum Gasteiger partial charge on any atom is 0.159 e. The Balaban J connectivity index is 0.000000105. The third-order valence-electron chi connectivity index (χ3n) is 23.2. The van der Waals surface area contributed by atoms with E-state index in [2.05, 4.69) is 409 Å². The molecule has 592 valence electrons. The summed E-state index contributed by atoms with van der Waals surface area (Å²) in [4.78, 5) is 8.90. The number of nitrogens with one attached hydrogen (secondary N) is 2. The summed E-state index contributed by atoms with van der Waals surface area (Å²) >= 11 is 1.89. The molecule has 5 nitrogen and oxygen atoms in total. The van der Waals surface area contributed by atoms with Crippen LogP contribution in [-0.4, -0.2) is 9.97 Å². The molecule has 19 aromatic carbocycles. The molecule has 0 radical (unpaired) electrons. The van der Waals surface area contributed by atoms with Gasteiger partial charge in [-0.1, -0.05) is 425 Å². The lowest BCUT2D eigenvalue weighted by Crippen LogP contribution is -2.28. The van der Waals surface area contributed by atoms with Gasteiger partial charge in [-0.15, -0.1) is 11.3 Å². The second-order valence-electron chi connectivity index (χ2n) is 31.2. The first-order chi connectivity index (χ1) is 61.4. The number of hydrogen-bond donors (Lipinski definition) is 2. The van der Waals surface area contributed by atoms with Crippen LogP contribution in [0, 0.1) is 0 Å². The number of fused-ring (bicyclic) bond motifs is 11. The van der Waals surface area contributed by atoms with E-state index in [-0.39, 0.29) is 5.41 Å². The molecule has 23 rings (SSSR count). The Morgan fingerprint density at radius 2 is 0.629 bits per heavy atom. The van der Waals surface area contributed by atoms with Gasteiger partial charge in [0.25, 0.3) is 0 Å². The summed E-state index contributed by atoms with van der Waals surface area (Å²) in [7, 11) is 0. The second-order valence-corrected chi connectivity index (χ2v) is 32.3. The van der Waals surface area contributed by atoms with Crippen LogP contribution in [0.15, 0.2) is 490 Å². The van der Waals surface area contributed by atoms with E-state index in [1.165, 1.54) is 142 Å². The molecule has 0 fully saturated rings. The fourth-order valence-electron chi connectivity index (χ4n) is 17.2. The van der Waals surface area contributed by atoms with Crippen molar-refractivity contribution in [2.24, 2.45) is 0 Å². The van der Waals surface area contributed by atoms with Crippen LogP contribution < -0.4 is 10.6 Å². The Morgan fingerprint density at radius 1 is 0.242 bits per heavy atom. The first-order valence-corrected chi connectivity index (χ1v) is 43.2. The number of rotatable bonds is 15. The average Bonchev–Trinajstić information content (AvgIpc) is 1.53. The van der Waals surface area contributed by atoms with E-state index in [0.717, 1.165) is 64.6 Å². The molecule has 1 aliphatic rings. The molecule has 1 aliphatic carbocycles. The van der Waals surface area contributed by atoms with Crippen molar-refractivity contribution in [3.05, 3.63) is 541 Å². The van der Waals surface area contributed by atoms with E-state index in [1.807, 2.05) is 109 Å². The fraction of sp³-hybridized carbons (Fsp3) is 0.0339. The minimum absolute atomic E-state index is 0.346. The smallest absolute Gasteiger partial charge is 0.159 e. The molecule has 22 aromatic rings. The van der Waals surface area contributed by atoms with Gasteiger partial charge in [0.15, 0.2) is 5.82 Å². The van der Waals surface area contributed by atoms with E-state index in [1.54, 1.807) is 0 Å². The summed E-state index contributed by atoms with van der Waals surface area (Å²) in [6.45, 7) is 0. The highest BCUT2D eigenvalue weighted by Crippen LogP contribution is 2.56. The lowest BCUT2D eigenvalue weighted by molar-refractivity contribution is 0.668. The molecule has 0 bridgehead atoms. The molecule has 124 heavy (non-hydrogen) atoms. The molecule has 0 atom stereocenters. The van der Waals surface area contributed by atoms with Gasteiger partial charge in [-0.25, -0.2) is 9.97 Å². The highest BCUT2D eigenvalue weighted by Gasteiger charge is 2.46. The van der Waals surface area contributed by atoms with Gasteiger partial charge >= 0.3 is 0 Å². The zero-order valence-corrected chi connectivity index (χ0v) is 69.3. The van der Waals surface area contributed by atoms with Gasteiger partial charge in [0.05, 0.1) is 23.5 Å². The van der Waals surface area contributed by atoms with Gasteiger partial charge in [0.1, 0.15) is 11.2 Å². The number of benzene rings is 19. The second kappa shape index (κ2) is 36.9. The molecule has 0 saturated carbocycles. The summed E-state index contributed by atoms with van der Waals surface area (Å²) in [6, 6.07) is 167. The molecule has 0 spiro atoms. The van der Waals surface area contributed by atoms with Crippen molar-refractivity contribution in [3.8, 4) is 44.8 Å². The van der Waals surface area contributed by atoms with Crippen molar-refractivity contribution >= 4 is 97.7 Å². The third kappa shape index (κ3) is 17.4. The summed E-state index contributed by atoms with van der Waals surface area (Å²) in [5, 5.41) is 16.9. The van der Waals surface area contributed by atoms with Crippen LogP contribution >= 0.6 is 11.3 Å². The van der Waals surface area contributed by atoms with E-state index >= 15 is 0 Å². The summed E-state index contributed by atoms with van der Waals surface area (Å²) in [5.41, 5.74) is 27.8. The van der Waals surface area contributed by atoms with Crippen molar-refractivity contribution in [1.82, 2.24) is 9.97 Å². The molecule has 0 saturated heterocycles. The maximum absolute atomic E-state index is 6.01. The number of para-hydroxylation sites is 2. The first-order valence-electron chi connectivity index (χ1n) is 42.3. The number of nitrogens with zero attached hydrogens (tertiary/aromatic N) is 2. The van der Waals surface area contributed by atoms with E-state index in [4.69, 9.17) is 4.42 Å². The quantitative estimate of drug-likeness (QED) is 0.107. The maximum atomic E-state index is 6.01. The van der Waals surface area contributed by atoms with Gasteiger partial charge in [-0.3, -0.25) is 0 Å². The standard InChI is InChI=1S/C38H28.C25H18O.C20H15N3.C19H14S.C16H13N/c1-4-12-30(13-5-1)31-23-20-28(21-24-31)26-29-22-25-35-34-18-10-11-19-36(34)38(37(35)27-29,32-14-6-2-7-15-32)33-16-8-3-9-17-33;1-2-6-20(7-3-1)21-13-10-18(11-14-21)16-19-12-15-23-22-8-4-5-9-24(22)26-25(23)17-19;1-2-8-16(9-3-1)20-21-13-17(14-22-20)23-19-12-6-10-15-7-4-5-11-18(15)19;1-2-6-14(7-3-1)12-15-10-11-17-16-8-4-5-9-18(16)20-19(17)13-15;1-2-9-14(10-3-1)17-16-12-6-8-13-7-4-5-11-15(13)16/h1-25,27H,26H2;1-15,17H,16H2;1-14,23H;1-11,13H,12H2;1-12,17H. The van der Waals surface area contributed by atoms with Crippen molar-refractivity contribution in [2.75, 3.05) is 10.6 Å². The average molecular weight is 1610 g/mol. The summed E-state index contributed by atoms with van der Waals surface area (Å²) < 4.78 is 8.77. The minimum atomic E-state index is -0.346. The summed E-state index contributed by atoms with van der Waals surface area (Å²) in [5.74, 6) is 0.731. The number of furan rings is 1. The van der Waals surface area contributed by atoms with Crippen LogP contribution in [0.2, 0.25) is 0 Å². The predicted molar refractivity (Wildman–Crippen MR) is 524 cm³/mol. The largest absolute Gasteiger partial charge is 0.456 e. The molecule has 3 heterocycles. The van der Waals surface area contributed by atoms with Gasteiger partial charge in [0, 0.05) is 64.3 Å². The Morgan fingerprint density at radius 3 is 1.21 bits per heavy atom. The van der Waals surface area contributed by atoms with Crippen molar-refractivity contribution < 1.29 is 4.42 Å². The van der Waals surface area contributed by atoms with Crippen LogP contribution in [0.4, 0.5) is 22.7 Å². The monoisotopic (exact) mass is 1610 g/mol. The van der Waals surface area contributed by atoms with Crippen LogP contribution in [0.1, 0.15) is 55.6 Å². The highest BCUT2D eigenvalue weighted by molar-refractivity contribution is 7.25. The van der Waals surface area contributed by atoms with E-state index in [9.17, 15) is 0 Å². The topological polar surface area (TPSA) is 63.0 Å². The predicted octanol–water partition coefficient (Wildman–Crippen LogP) is 31.4. The first kappa shape index (κ1) is 78.3. The zero-order valence-electron chi connectivity index (χ0n) is 68.5. The van der Waals surface area contributed by atoms with Crippen LogP contribution in [0.25, 0.3) is 108 Å². The zero-order chi connectivity index (χ0) is 83.1. The Kier molecular flexibility index (Phi) is 23.3. The van der Waals surface area contributed by atoms with Gasteiger partial charge in [-0.05, 0) is 168 Å². The Bertz CT molecular complexity index is 7280. The minimum Gasteiger partial charge on any atom is -0.456 e. The number of aromatic nitrogens is 2. The van der Waals surface area contributed by atoms with Gasteiger partial charge < -0.3 is 15.1 Å². The molecular weight excluding hydrogens is 1520 g/mol. The molecule has 0 unspecified atom stereocenters. The van der Waals surface area contributed by atoms with Gasteiger partial charge in [0.2, 0.25) is 0 Å². The third-order valence-corrected chi connectivity index (χ3v) is 24.3.